The van der Waals surface area contributed by atoms with Crippen LogP contribution >= 0.6 is 0 Å². The van der Waals surface area contributed by atoms with Gasteiger partial charge in [-0.1, -0.05) is 12.1 Å². The van der Waals surface area contributed by atoms with E-state index in [4.69, 9.17) is 10.5 Å². The van der Waals surface area contributed by atoms with Crippen LogP contribution in [-0.2, 0) is 11.3 Å². The minimum absolute atomic E-state index is 0.378. The average molecular weight is 279 g/mol. The number of amides is 3. The van der Waals surface area contributed by atoms with E-state index in [9.17, 15) is 9.59 Å². The van der Waals surface area contributed by atoms with Gasteiger partial charge < -0.3 is 20.7 Å². The summed E-state index contributed by atoms with van der Waals surface area (Å²) in [5.41, 5.74) is 6.05. The van der Waals surface area contributed by atoms with Crippen molar-refractivity contribution in [2.75, 3.05) is 12.4 Å². The lowest BCUT2D eigenvalue weighted by atomic mass is 10.2. The number of primary amides is 1. The quantitative estimate of drug-likeness (QED) is 0.891. The van der Waals surface area contributed by atoms with Gasteiger partial charge in [0.25, 0.3) is 0 Å². The fraction of sp³-hybridized carbons (Fsp3) is 0.429. The molecular weight excluding hydrogens is 258 g/mol. The summed E-state index contributed by atoms with van der Waals surface area (Å²) in [7, 11) is 1.67. The normalized spacial score (nSPS) is 10.8. The zero-order chi connectivity index (χ0) is 15.3. The number of nitrogens with zero attached hydrogens (tertiary/aromatic N) is 1. The van der Waals surface area contributed by atoms with Crippen LogP contribution in [0.15, 0.2) is 24.3 Å². The number of carbonyl (C=O) groups excluding carboxylic acids is 2. The highest BCUT2D eigenvalue weighted by Gasteiger charge is 2.19. The maximum absolute atomic E-state index is 11.8. The molecule has 0 atom stereocenters. The van der Waals surface area contributed by atoms with E-state index in [0.717, 1.165) is 5.56 Å². The topological polar surface area (TPSA) is 84.7 Å². The second-order valence-electron chi connectivity index (χ2n) is 5.52. The second-order valence-corrected chi connectivity index (χ2v) is 5.52. The molecule has 6 nitrogen and oxygen atoms in total. The van der Waals surface area contributed by atoms with Crippen molar-refractivity contribution in [1.82, 2.24) is 4.90 Å². The van der Waals surface area contributed by atoms with Gasteiger partial charge >= 0.3 is 12.1 Å². The molecule has 0 saturated carbocycles. The third-order valence-corrected chi connectivity index (χ3v) is 2.35. The molecule has 0 bridgehead atoms. The van der Waals surface area contributed by atoms with Gasteiger partial charge in [-0.2, -0.15) is 0 Å². The number of carbonyl (C=O) groups is 2. The molecule has 20 heavy (non-hydrogen) atoms. The Morgan fingerprint density at radius 2 is 1.80 bits per heavy atom. The Balaban J connectivity index is 2.60. The molecule has 110 valence electrons. The third kappa shape index (κ3) is 5.60. The first kappa shape index (κ1) is 15.8. The minimum atomic E-state index is -0.608. The highest BCUT2D eigenvalue weighted by molar-refractivity contribution is 5.87. The molecule has 0 aliphatic carbocycles. The number of rotatable bonds is 3. The van der Waals surface area contributed by atoms with Crippen LogP contribution in [0.3, 0.4) is 0 Å². The van der Waals surface area contributed by atoms with E-state index in [1.807, 2.05) is 32.9 Å². The first-order valence-corrected chi connectivity index (χ1v) is 6.27. The predicted molar refractivity (Wildman–Crippen MR) is 77.3 cm³/mol. The van der Waals surface area contributed by atoms with Crippen LogP contribution in [0.1, 0.15) is 26.3 Å². The standard InChI is InChI=1S/C14H21N3O3/c1-14(2,3)20-13(19)17(4)9-10-5-7-11(8-6-10)16-12(15)18/h5-8H,9H2,1-4H3,(H3,15,16,18). The fourth-order valence-electron chi connectivity index (χ4n) is 1.51. The van der Waals surface area contributed by atoms with Crippen molar-refractivity contribution >= 4 is 17.8 Å². The van der Waals surface area contributed by atoms with Gasteiger partial charge in [-0.05, 0) is 38.5 Å². The van der Waals surface area contributed by atoms with Crippen LogP contribution in [0.25, 0.3) is 0 Å². The number of nitrogens with one attached hydrogen (secondary N) is 1. The molecular formula is C14H21N3O3. The van der Waals surface area contributed by atoms with Crippen molar-refractivity contribution in [3.8, 4) is 0 Å². The zero-order valence-corrected chi connectivity index (χ0v) is 12.3. The number of hydrogen-bond acceptors (Lipinski definition) is 3. The molecule has 1 aromatic rings. The monoisotopic (exact) mass is 279 g/mol. The Labute approximate surface area is 118 Å². The molecule has 0 radical (unpaired) electrons. The summed E-state index contributed by atoms with van der Waals surface area (Å²) in [6.45, 7) is 5.89. The Morgan fingerprint density at radius 1 is 1.25 bits per heavy atom. The van der Waals surface area contributed by atoms with Crippen molar-refractivity contribution in [3.63, 3.8) is 0 Å². The number of ether oxygens (including phenoxy) is 1. The van der Waals surface area contributed by atoms with E-state index < -0.39 is 11.6 Å². The highest BCUT2D eigenvalue weighted by Crippen LogP contribution is 2.13. The maximum atomic E-state index is 11.8. The Bertz CT molecular complexity index is 477. The molecule has 6 heteroatoms. The molecule has 0 spiro atoms. The van der Waals surface area contributed by atoms with Gasteiger partial charge in [0.2, 0.25) is 0 Å². The van der Waals surface area contributed by atoms with Crippen LogP contribution < -0.4 is 11.1 Å². The molecule has 0 saturated heterocycles. The van der Waals surface area contributed by atoms with E-state index in [1.54, 1.807) is 19.2 Å². The number of urea groups is 1. The summed E-state index contributed by atoms with van der Waals surface area (Å²) >= 11 is 0. The first-order chi connectivity index (χ1) is 9.17. The van der Waals surface area contributed by atoms with Gasteiger partial charge in [0, 0.05) is 19.3 Å². The molecule has 0 aliphatic rings. The number of anilines is 1. The van der Waals surface area contributed by atoms with Crippen molar-refractivity contribution in [2.24, 2.45) is 5.73 Å². The first-order valence-electron chi connectivity index (χ1n) is 6.27. The molecule has 1 aromatic carbocycles. The van der Waals surface area contributed by atoms with E-state index >= 15 is 0 Å². The minimum Gasteiger partial charge on any atom is -0.444 e. The van der Waals surface area contributed by atoms with Gasteiger partial charge in [0.05, 0.1) is 0 Å². The zero-order valence-electron chi connectivity index (χ0n) is 12.3. The SMILES string of the molecule is CN(Cc1ccc(NC(N)=O)cc1)C(=O)OC(C)(C)C. The van der Waals surface area contributed by atoms with Crippen molar-refractivity contribution in [2.45, 2.75) is 32.9 Å². The molecule has 1 rings (SSSR count). The lowest BCUT2D eigenvalue weighted by Gasteiger charge is -2.24. The molecule has 0 heterocycles. The molecule has 0 aliphatic heterocycles. The van der Waals surface area contributed by atoms with Gasteiger partial charge in [-0.25, -0.2) is 9.59 Å². The van der Waals surface area contributed by atoms with E-state index in [2.05, 4.69) is 5.32 Å². The van der Waals surface area contributed by atoms with Crippen molar-refractivity contribution < 1.29 is 14.3 Å². The van der Waals surface area contributed by atoms with Crippen molar-refractivity contribution in [1.29, 1.82) is 0 Å². The largest absolute Gasteiger partial charge is 0.444 e. The van der Waals surface area contributed by atoms with Gasteiger partial charge in [-0.3, -0.25) is 0 Å². The Hall–Kier alpha value is -2.24. The van der Waals surface area contributed by atoms with Gasteiger partial charge in [0.15, 0.2) is 0 Å². The smallest absolute Gasteiger partial charge is 0.410 e. The summed E-state index contributed by atoms with van der Waals surface area (Å²) in [6, 6.07) is 6.47. The molecule has 3 amide bonds. The Morgan fingerprint density at radius 3 is 2.25 bits per heavy atom. The van der Waals surface area contributed by atoms with E-state index in [-0.39, 0.29) is 6.09 Å². The number of nitrogens with two attached hydrogens (primary N) is 1. The predicted octanol–water partition coefficient (Wildman–Crippen LogP) is 2.54. The second kappa shape index (κ2) is 6.27. The Kier molecular flexibility index (Phi) is 4.96. The summed E-state index contributed by atoms with van der Waals surface area (Å²) in [5, 5.41) is 2.47. The fourth-order valence-corrected chi connectivity index (χ4v) is 1.51. The summed E-state index contributed by atoms with van der Waals surface area (Å²) < 4.78 is 5.26. The lowest BCUT2D eigenvalue weighted by Crippen LogP contribution is -2.33. The van der Waals surface area contributed by atoms with Crippen LogP contribution in [0, 0.1) is 0 Å². The van der Waals surface area contributed by atoms with Crippen LogP contribution in [-0.4, -0.2) is 29.7 Å². The van der Waals surface area contributed by atoms with Gasteiger partial charge in [-0.15, -0.1) is 0 Å². The van der Waals surface area contributed by atoms with Gasteiger partial charge in [0.1, 0.15) is 5.60 Å². The van der Waals surface area contributed by atoms with E-state index in [1.165, 1.54) is 4.90 Å². The molecule has 0 aromatic heterocycles. The van der Waals surface area contributed by atoms with Crippen LogP contribution in [0.4, 0.5) is 15.3 Å². The third-order valence-electron chi connectivity index (χ3n) is 2.35. The van der Waals surface area contributed by atoms with Crippen molar-refractivity contribution in [3.05, 3.63) is 29.8 Å². The summed E-state index contributed by atoms with van der Waals surface area (Å²) in [5.74, 6) is 0. The molecule has 0 unspecified atom stereocenters. The number of hydrogen-bond donors (Lipinski definition) is 2. The maximum Gasteiger partial charge on any atom is 0.410 e. The lowest BCUT2D eigenvalue weighted by molar-refractivity contribution is 0.0285. The summed E-state index contributed by atoms with van der Waals surface area (Å²) in [6.07, 6.45) is -0.378. The van der Waals surface area contributed by atoms with Crippen LogP contribution in [0.5, 0.6) is 0 Å². The van der Waals surface area contributed by atoms with Crippen LogP contribution in [0.2, 0.25) is 0 Å². The average Bonchev–Trinajstić information content (AvgIpc) is 2.28. The van der Waals surface area contributed by atoms with E-state index in [0.29, 0.717) is 12.2 Å². The highest BCUT2D eigenvalue weighted by atomic mass is 16.6. The summed E-state index contributed by atoms with van der Waals surface area (Å²) in [4.78, 5) is 24.0. The number of benzene rings is 1. The molecule has 3 N–H and O–H groups in total. The molecule has 0 fully saturated rings.